The van der Waals surface area contributed by atoms with Crippen molar-refractivity contribution in [2.24, 2.45) is 5.92 Å². The molecule has 0 atom stereocenters. The number of amides is 2. The molecule has 0 aromatic heterocycles. The van der Waals surface area contributed by atoms with Gasteiger partial charge >= 0.3 is 12.0 Å². The Morgan fingerprint density at radius 2 is 2.19 bits per heavy atom. The maximum absolute atomic E-state index is 12.1. The first kappa shape index (κ1) is 15.1. The van der Waals surface area contributed by atoms with Gasteiger partial charge in [0.15, 0.2) is 0 Å². The van der Waals surface area contributed by atoms with Crippen molar-refractivity contribution in [3.05, 3.63) is 28.8 Å². The third-order valence-electron chi connectivity index (χ3n) is 3.13. The zero-order chi connectivity index (χ0) is 15.4. The Labute approximate surface area is 126 Å². The molecule has 1 fully saturated rings. The van der Waals surface area contributed by atoms with Crippen LogP contribution in [-0.2, 0) is 4.79 Å². The molecular weight excluding hydrogens is 294 g/mol. The number of carbonyl (C=O) groups is 2. The predicted octanol–water partition coefficient (Wildman–Crippen LogP) is 2.54. The number of carboxylic acids is 1. The van der Waals surface area contributed by atoms with E-state index < -0.39 is 12.0 Å². The van der Waals surface area contributed by atoms with Crippen molar-refractivity contribution < 1.29 is 14.7 Å². The number of nitriles is 1. The lowest BCUT2D eigenvalue weighted by atomic mass is 10.2. The van der Waals surface area contributed by atoms with E-state index in [9.17, 15) is 9.59 Å². The van der Waals surface area contributed by atoms with Crippen LogP contribution in [0.1, 0.15) is 18.4 Å². The van der Waals surface area contributed by atoms with E-state index >= 15 is 0 Å². The van der Waals surface area contributed by atoms with E-state index in [1.807, 2.05) is 6.07 Å². The number of carbonyl (C=O) groups excluding carboxylic acids is 1. The summed E-state index contributed by atoms with van der Waals surface area (Å²) < 4.78 is 0. The second-order valence-corrected chi connectivity index (χ2v) is 5.36. The van der Waals surface area contributed by atoms with Gasteiger partial charge in [0, 0.05) is 12.2 Å². The molecule has 21 heavy (non-hydrogen) atoms. The number of halogens is 1. The normalized spacial score (nSPS) is 13.3. The Kier molecular flexibility index (Phi) is 4.66. The smallest absolute Gasteiger partial charge is 0.323 e. The second-order valence-electron chi connectivity index (χ2n) is 4.95. The minimum atomic E-state index is -1.05. The number of hydrogen-bond acceptors (Lipinski definition) is 3. The van der Waals surface area contributed by atoms with Gasteiger partial charge in [-0.25, -0.2) is 4.79 Å². The van der Waals surface area contributed by atoms with Crippen molar-refractivity contribution in [1.29, 1.82) is 5.26 Å². The van der Waals surface area contributed by atoms with Gasteiger partial charge in [-0.15, -0.1) is 0 Å². The highest BCUT2D eigenvalue weighted by Crippen LogP contribution is 2.30. The van der Waals surface area contributed by atoms with Gasteiger partial charge < -0.3 is 15.3 Å². The highest BCUT2D eigenvalue weighted by molar-refractivity contribution is 6.32. The number of nitrogens with zero attached hydrogens (tertiary/aromatic N) is 2. The van der Waals surface area contributed by atoms with E-state index in [1.165, 1.54) is 17.0 Å². The Bertz CT molecular complexity index is 608. The zero-order valence-corrected chi connectivity index (χ0v) is 11.9. The Morgan fingerprint density at radius 1 is 1.48 bits per heavy atom. The molecular formula is C14H14ClN3O3. The average Bonchev–Trinajstić information content (AvgIpc) is 3.21. The SMILES string of the molecule is N#Cc1ccc(NC(=O)N(CC(=O)O)CC2CC2)cc1Cl. The number of benzene rings is 1. The minimum Gasteiger partial charge on any atom is -0.480 e. The summed E-state index contributed by atoms with van der Waals surface area (Å²) in [4.78, 5) is 24.2. The van der Waals surface area contributed by atoms with Crippen LogP contribution in [-0.4, -0.2) is 35.1 Å². The fraction of sp³-hybridized carbons (Fsp3) is 0.357. The molecule has 1 aliphatic rings. The van der Waals surface area contributed by atoms with E-state index in [2.05, 4.69) is 5.32 Å². The lowest BCUT2D eigenvalue weighted by Gasteiger charge is -2.21. The largest absolute Gasteiger partial charge is 0.480 e. The van der Waals surface area contributed by atoms with Gasteiger partial charge in [-0.2, -0.15) is 5.26 Å². The molecule has 0 spiro atoms. The maximum atomic E-state index is 12.1. The Morgan fingerprint density at radius 3 is 2.71 bits per heavy atom. The minimum absolute atomic E-state index is 0.238. The van der Waals surface area contributed by atoms with E-state index in [0.717, 1.165) is 12.8 Å². The molecule has 1 saturated carbocycles. The second kappa shape index (κ2) is 6.46. The fourth-order valence-electron chi connectivity index (χ4n) is 1.88. The number of carboxylic acid groups (broad SMARTS) is 1. The van der Waals surface area contributed by atoms with Crippen molar-refractivity contribution in [3.8, 4) is 6.07 Å². The highest BCUT2D eigenvalue weighted by Gasteiger charge is 2.28. The van der Waals surface area contributed by atoms with Crippen LogP contribution < -0.4 is 5.32 Å². The molecule has 0 radical (unpaired) electrons. The molecule has 2 amide bonds. The van der Waals surface area contributed by atoms with Gasteiger partial charge in [0.05, 0.1) is 10.6 Å². The number of hydrogen-bond donors (Lipinski definition) is 2. The van der Waals surface area contributed by atoms with Crippen LogP contribution in [0.2, 0.25) is 5.02 Å². The molecule has 1 aromatic rings. The van der Waals surface area contributed by atoms with Crippen LogP contribution in [0.15, 0.2) is 18.2 Å². The number of nitrogens with one attached hydrogen (secondary N) is 1. The molecule has 0 saturated heterocycles. The van der Waals surface area contributed by atoms with Crippen molar-refractivity contribution in [1.82, 2.24) is 4.90 Å². The third-order valence-corrected chi connectivity index (χ3v) is 3.44. The van der Waals surface area contributed by atoms with Crippen LogP contribution in [0.3, 0.4) is 0 Å². The number of anilines is 1. The molecule has 6 nitrogen and oxygen atoms in total. The van der Waals surface area contributed by atoms with Crippen molar-refractivity contribution in [2.75, 3.05) is 18.4 Å². The summed E-state index contributed by atoms with van der Waals surface area (Å²) in [5.74, 6) is -0.664. The zero-order valence-electron chi connectivity index (χ0n) is 11.2. The Hall–Kier alpha value is -2.26. The van der Waals surface area contributed by atoms with Crippen LogP contribution >= 0.6 is 11.6 Å². The first-order valence-electron chi connectivity index (χ1n) is 6.47. The molecule has 0 unspecified atom stereocenters. The van der Waals surface area contributed by atoms with Crippen LogP contribution in [0.25, 0.3) is 0 Å². The van der Waals surface area contributed by atoms with Crippen LogP contribution in [0.5, 0.6) is 0 Å². The van der Waals surface area contributed by atoms with Gasteiger partial charge in [0.25, 0.3) is 0 Å². The summed E-state index contributed by atoms with van der Waals surface area (Å²) in [6.45, 7) is 0.0918. The first-order chi connectivity index (χ1) is 9.99. The molecule has 7 heteroatoms. The van der Waals surface area contributed by atoms with E-state index in [0.29, 0.717) is 23.7 Å². The summed E-state index contributed by atoms with van der Waals surface area (Å²) in [5.41, 5.74) is 0.741. The first-order valence-corrected chi connectivity index (χ1v) is 6.84. The summed E-state index contributed by atoms with van der Waals surface area (Å²) >= 11 is 5.89. The van der Waals surface area contributed by atoms with Gasteiger partial charge in [-0.05, 0) is 37.0 Å². The van der Waals surface area contributed by atoms with Crippen molar-refractivity contribution >= 4 is 29.3 Å². The monoisotopic (exact) mass is 307 g/mol. The van der Waals surface area contributed by atoms with Crippen molar-refractivity contribution in [3.63, 3.8) is 0 Å². The molecule has 2 N–H and O–H groups in total. The lowest BCUT2D eigenvalue weighted by molar-refractivity contribution is -0.137. The van der Waals surface area contributed by atoms with E-state index in [-0.39, 0.29) is 11.6 Å². The molecule has 1 aromatic carbocycles. The molecule has 0 heterocycles. The fourth-order valence-corrected chi connectivity index (χ4v) is 2.10. The lowest BCUT2D eigenvalue weighted by Crippen LogP contribution is -2.40. The third kappa shape index (κ3) is 4.36. The van der Waals surface area contributed by atoms with Gasteiger partial charge in [-0.1, -0.05) is 11.6 Å². The van der Waals surface area contributed by atoms with Gasteiger partial charge in [-0.3, -0.25) is 4.79 Å². The van der Waals surface area contributed by atoms with Crippen LogP contribution in [0.4, 0.5) is 10.5 Å². The average molecular weight is 308 g/mol. The molecule has 1 aliphatic carbocycles. The molecule has 2 rings (SSSR count). The quantitative estimate of drug-likeness (QED) is 0.874. The van der Waals surface area contributed by atoms with Crippen molar-refractivity contribution in [2.45, 2.75) is 12.8 Å². The predicted molar refractivity (Wildman–Crippen MR) is 77.1 cm³/mol. The summed E-state index contributed by atoms with van der Waals surface area (Å²) in [6.07, 6.45) is 2.04. The van der Waals surface area contributed by atoms with E-state index in [1.54, 1.807) is 6.07 Å². The van der Waals surface area contributed by atoms with Crippen LogP contribution in [0, 0.1) is 17.2 Å². The number of urea groups is 1. The topological polar surface area (TPSA) is 93.4 Å². The maximum Gasteiger partial charge on any atom is 0.323 e. The highest BCUT2D eigenvalue weighted by atomic mass is 35.5. The number of aliphatic carboxylic acids is 1. The Balaban J connectivity index is 2.04. The summed E-state index contributed by atoms with van der Waals surface area (Å²) in [6, 6.07) is 5.97. The molecule has 110 valence electrons. The summed E-state index contributed by atoms with van der Waals surface area (Å²) in [5, 5.41) is 20.5. The summed E-state index contributed by atoms with van der Waals surface area (Å²) in [7, 11) is 0. The molecule has 0 bridgehead atoms. The van der Waals surface area contributed by atoms with E-state index in [4.69, 9.17) is 22.0 Å². The van der Waals surface area contributed by atoms with Gasteiger partial charge in [0.2, 0.25) is 0 Å². The molecule has 0 aliphatic heterocycles. The standard InChI is InChI=1S/C14H14ClN3O3/c15-12-5-11(4-3-10(12)6-16)17-14(21)18(8-13(19)20)7-9-1-2-9/h3-5,9H,1-2,7-8H2,(H,17,21)(H,19,20). The van der Waals surface area contributed by atoms with Gasteiger partial charge in [0.1, 0.15) is 12.6 Å². The number of rotatable bonds is 5.